The molecule has 148 valence electrons. The van der Waals surface area contributed by atoms with Gasteiger partial charge in [0, 0.05) is 23.1 Å². The number of benzene rings is 1. The van der Waals surface area contributed by atoms with Crippen molar-refractivity contribution in [3.8, 4) is 11.1 Å². The minimum Gasteiger partial charge on any atom is -0.385 e. The van der Waals surface area contributed by atoms with Crippen LogP contribution in [0.5, 0.6) is 0 Å². The third kappa shape index (κ3) is 4.38. The molecular weight excluding hydrogens is 377 g/mol. The van der Waals surface area contributed by atoms with E-state index >= 15 is 0 Å². The average Bonchev–Trinajstić information content (AvgIpc) is 3.06. The second-order valence-corrected chi connectivity index (χ2v) is 7.95. The molecule has 2 aromatic heterocycles. The second kappa shape index (κ2) is 8.34. The summed E-state index contributed by atoms with van der Waals surface area (Å²) in [6.07, 6.45) is 2.41. The summed E-state index contributed by atoms with van der Waals surface area (Å²) in [6, 6.07) is 6.40. The molecule has 1 aromatic carbocycles. The van der Waals surface area contributed by atoms with E-state index in [1.165, 1.54) is 23.5 Å². The Morgan fingerprint density at radius 3 is 2.82 bits per heavy atom. The number of nitrogens with one attached hydrogen (secondary N) is 1. The molecule has 0 radical (unpaired) electrons. The summed E-state index contributed by atoms with van der Waals surface area (Å²) in [5.41, 5.74) is -0.367. The molecule has 3 rings (SSSR count). The highest BCUT2D eigenvalue weighted by molar-refractivity contribution is 7.17. The predicted molar refractivity (Wildman–Crippen MR) is 112 cm³/mol. The number of hydrogen-bond acceptors (Lipinski definition) is 5. The van der Waals surface area contributed by atoms with Gasteiger partial charge in [0.15, 0.2) is 0 Å². The maximum Gasteiger partial charge on any atom is 0.260 e. The van der Waals surface area contributed by atoms with E-state index in [2.05, 4.69) is 23.5 Å². The number of aromatic amines is 1. The van der Waals surface area contributed by atoms with Crippen molar-refractivity contribution in [2.45, 2.75) is 32.4 Å². The number of hydrogen-bond donors (Lipinski definition) is 2. The number of rotatable bonds is 8. The number of thiophene rings is 1. The zero-order chi connectivity index (χ0) is 20.3. The Bertz CT molecular complexity index is 1040. The molecule has 0 aliphatic rings. The molecule has 28 heavy (non-hydrogen) atoms. The molecule has 1 atom stereocenters. The monoisotopic (exact) mass is 401 g/mol. The van der Waals surface area contributed by atoms with Gasteiger partial charge in [0.25, 0.3) is 5.56 Å². The van der Waals surface area contributed by atoms with Crippen LogP contribution in [0.1, 0.15) is 26.1 Å². The van der Waals surface area contributed by atoms with Crippen LogP contribution in [0.15, 0.2) is 47.1 Å². The van der Waals surface area contributed by atoms with Gasteiger partial charge in [0.1, 0.15) is 16.5 Å². The first kappa shape index (κ1) is 20.4. The number of fused-ring (bicyclic) bond motifs is 1. The molecule has 0 saturated heterocycles. The first-order valence-corrected chi connectivity index (χ1v) is 10.1. The maximum atomic E-state index is 14.2. The van der Waals surface area contributed by atoms with E-state index in [1.54, 1.807) is 30.5 Å². The fourth-order valence-corrected chi connectivity index (χ4v) is 4.16. The number of halogens is 1. The molecule has 0 saturated carbocycles. The topological polar surface area (TPSA) is 69.2 Å². The van der Waals surface area contributed by atoms with Gasteiger partial charge in [0.05, 0.1) is 17.5 Å². The zero-order valence-electron chi connectivity index (χ0n) is 16.0. The van der Waals surface area contributed by atoms with Crippen molar-refractivity contribution in [3.05, 3.63) is 64.3 Å². The van der Waals surface area contributed by atoms with E-state index in [0.717, 1.165) is 13.0 Å². The number of H-pyrrole nitrogens is 1. The third-order valence-electron chi connectivity index (χ3n) is 4.55. The zero-order valence-corrected chi connectivity index (χ0v) is 16.9. The Morgan fingerprint density at radius 1 is 1.39 bits per heavy atom. The van der Waals surface area contributed by atoms with Gasteiger partial charge < -0.3 is 10.1 Å². The van der Waals surface area contributed by atoms with Gasteiger partial charge in [-0.2, -0.15) is 0 Å². The van der Waals surface area contributed by atoms with Crippen molar-refractivity contribution in [1.82, 2.24) is 14.9 Å². The first-order chi connectivity index (χ1) is 13.3. The minimum absolute atomic E-state index is 0.286. The summed E-state index contributed by atoms with van der Waals surface area (Å²) in [7, 11) is 0. The van der Waals surface area contributed by atoms with Gasteiger partial charge in [-0.25, -0.2) is 9.37 Å². The summed E-state index contributed by atoms with van der Waals surface area (Å²) in [5.74, 6) is 0.152. The lowest BCUT2D eigenvalue weighted by molar-refractivity contribution is 0.0578. The van der Waals surface area contributed by atoms with E-state index < -0.39 is 5.60 Å². The summed E-state index contributed by atoms with van der Waals surface area (Å²) >= 11 is 1.32. The molecule has 0 fully saturated rings. The second-order valence-electron chi connectivity index (χ2n) is 7.09. The van der Waals surface area contributed by atoms with Gasteiger partial charge in [0.2, 0.25) is 0 Å². The average molecular weight is 402 g/mol. The Labute approximate surface area is 167 Å². The highest BCUT2D eigenvalue weighted by Gasteiger charge is 2.21. The summed E-state index contributed by atoms with van der Waals surface area (Å²) in [5, 5.41) is 12.5. The number of aliphatic hydroxyl groups is 1. The van der Waals surface area contributed by atoms with Crippen LogP contribution in [0.4, 0.5) is 4.39 Å². The number of nitrogens with zero attached hydrogens (tertiary/aromatic N) is 2. The van der Waals surface area contributed by atoms with Crippen molar-refractivity contribution < 1.29 is 9.50 Å². The van der Waals surface area contributed by atoms with Crippen LogP contribution in [-0.4, -0.2) is 38.7 Å². The van der Waals surface area contributed by atoms with Crippen LogP contribution >= 0.6 is 11.3 Å². The number of aromatic nitrogens is 2. The smallest absolute Gasteiger partial charge is 0.260 e. The van der Waals surface area contributed by atoms with E-state index in [4.69, 9.17) is 0 Å². The molecule has 0 aliphatic carbocycles. The fourth-order valence-electron chi connectivity index (χ4n) is 3.21. The highest BCUT2D eigenvalue weighted by atomic mass is 32.1. The van der Waals surface area contributed by atoms with Gasteiger partial charge >= 0.3 is 0 Å². The van der Waals surface area contributed by atoms with Crippen LogP contribution in [0, 0.1) is 5.82 Å². The van der Waals surface area contributed by atoms with E-state index in [1.807, 2.05) is 4.90 Å². The molecule has 0 spiro atoms. The third-order valence-corrected chi connectivity index (χ3v) is 5.43. The molecule has 5 nitrogen and oxygen atoms in total. The van der Waals surface area contributed by atoms with Gasteiger partial charge in [-0.1, -0.05) is 31.2 Å². The predicted octanol–water partition coefficient (Wildman–Crippen LogP) is 3.94. The summed E-state index contributed by atoms with van der Waals surface area (Å²) in [6.45, 7) is 8.95. The molecular formula is C21H24FN3O2S. The van der Waals surface area contributed by atoms with Crippen LogP contribution in [0.3, 0.4) is 0 Å². The molecule has 7 heteroatoms. The van der Waals surface area contributed by atoms with Crippen molar-refractivity contribution in [2.75, 3.05) is 13.1 Å². The van der Waals surface area contributed by atoms with E-state index in [0.29, 0.717) is 40.3 Å². The van der Waals surface area contributed by atoms with E-state index in [-0.39, 0.29) is 11.4 Å². The standard InChI is InChI=1S/C21H24FN3O2S/c1-4-10-25(13-21(3,27)5-2)11-17-23-19(26)18-15(12-28-20(18)24-17)14-8-6-7-9-16(14)22/h5-9,12,27H,2,4,10-11,13H2,1,3H3,(H,23,24,26). The minimum atomic E-state index is -1.03. The van der Waals surface area contributed by atoms with Crippen molar-refractivity contribution >= 4 is 21.6 Å². The summed E-state index contributed by atoms with van der Waals surface area (Å²) in [4.78, 5) is 22.8. The van der Waals surface area contributed by atoms with Gasteiger partial charge in [-0.3, -0.25) is 9.69 Å². The Hall–Kier alpha value is -2.35. The lowest BCUT2D eigenvalue weighted by Crippen LogP contribution is -2.40. The van der Waals surface area contributed by atoms with Crippen molar-refractivity contribution in [3.63, 3.8) is 0 Å². The Morgan fingerprint density at radius 2 is 2.14 bits per heavy atom. The lowest BCUT2D eigenvalue weighted by atomic mass is 10.1. The molecule has 0 aliphatic heterocycles. The first-order valence-electron chi connectivity index (χ1n) is 9.18. The SMILES string of the molecule is C=CC(C)(O)CN(CCC)Cc1nc2scc(-c3ccccc3F)c2c(=O)[nH]1. The molecule has 0 amide bonds. The van der Waals surface area contributed by atoms with E-state index in [9.17, 15) is 14.3 Å². The van der Waals surface area contributed by atoms with Crippen LogP contribution in [-0.2, 0) is 6.54 Å². The Balaban J connectivity index is 1.95. The van der Waals surface area contributed by atoms with Crippen LogP contribution in [0.25, 0.3) is 21.3 Å². The summed E-state index contributed by atoms with van der Waals surface area (Å²) < 4.78 is 14.2. The Kier molecular flexibility index (Phi) is 6.07. The fraction of sp³-hybridized carbons (Fsp3) is 0.333. The quantitative estimate of drug-likeness (QED) is 0.561. The highest BCUT2D eigenvalue weighted by Crippen LogP contribution is 2.32. The normalized spacial score (nSPS) is 13.8. The largest absolute Gasteiger partial charge is 0.385 e. The molecule has 2 N–H and O–H groups in total. The molecule has 1 unspecified atom stereocenters. The van der Waals surface area contributed by atoms with Gasteiger partial charge in [-0.15, -0.1) is 17.9 Å². The van der Waals surface area contributed by atoms with Gasteiger partial charge in [-0.05, 0) is 26.0 Å². The van der Waals surface area contributed by atoms with Crippen LogP contribution < -0.4 is 5.56 Å². The maximum absolute atomic E-state index is 14.2. The molecule has 0 bridgehead atoms. The molecule has 2 heterocycles. The molecule has 3 aromatic rings. The van der Waals surface area contributed by atoms with Crippen molar-refractivity contribution in [2.24, 2.45) is 0 Å². The van der Waals surface area contributed by atoms with Crippen molar-refractivity contribution in [1.29, 1.82) is 0 Å². The van der Waals surface area contributed by atoms with Crippen LogP contribution in [0.2, 0.25) is 0 Å². The lowest BCUT2D eigenvalue weighted by Gasteiger charge is -2.28.